The van der Waals surface area contributed by atoms with E-state index in [1.807, 2.05) is 17.5 Å². The first kappa shape index (κ1) is 15.8. The molecule has 0 saturated carbocycles. The van der Waals surface area contributed by atoms with E-state index in [4.69, 9.17) is 11.6 Å². The van der Waals surface area contributed by atoms with Gasteiger partial charge < -0.3 is 5.32 Å². The first-order valence-electron chi connectivity index (χ1n) is 8.14. The minimum Gasteiger partial charge on any atom is -0.328 e. The maximum absolute atomic E-state index is 6.16. The lowest BCUT2D eigenvalue weighted by atomic mass is 10.1. The van der Waals surface area contributed by atoms with Crippen molar-refractivity contribution in [2.45, 2.75) is 32.7 Å². The standard InChI is InChI=1S/C16H19ClN6S/c1-11-9-23-13(17)8-18-16(23)15(19-11)20-14-7-12(21-24-14)10-22-5-3-2-4-6-22/h7-9H,2-6,10H2,1H3,(H,19,20). The molecular weight excluding hydrogens is 344 g/mol. The van der Waals surface area contributed by atoms with Crippen molar-refractivity contribution in [1.29, 1.82) is 0 Å². The monoisotopic (exact) mass is 362 g/mol. The van der Waals surface area contributed by atoms with E-state index in [0.29, 0.717) is 11.0 Å². The molecule has 0 aliphatic carbocycles. The molecule has 4 heterocycles. The molecule has 0 aromatic carbocycles. The van der Waals surface area contributed by atoms with Crippen LogP contribution in [0.4, 0.5) is 10.8 Å². The van der Waals surface area contributed by atoms with Gasteiger partial charge in [0.2, 0.25) is 0 Å². The van der Waals surface area contributed by atoms with E-state index in [9.17, 15) is 0 Å². The number of fused-ring (bicyclic) bond motifs is 1. The molecule has 1 saturated heterocycles. The molecule has 0 unspecified atom stereocenters. The number of aromatic nitrogens is 4. The van der Waals surface area contributed by atoms with Crippen LogP contribution in [0.3, 0.4) is 0 Å². The van der Waals surface area contributed by atoms with Crippen molar-refractivity contribution in [2.24, 2.45) is 0 Å². The Morgan fingerprint density at radius 2 is 2.12 bits per heavy atom. The average Bonchev–Trinajstić information content (AvgIpc) is 3.16. The largest absolute Gasteiger partial charge is 0.328 e. The van der Waals surface area contributed by atoms with Gasteiger partial charge in [0.15, 0.2) is 11.5 Å². The summed E-state index contributed by atoms with van der Waals surface area (Å²) in [6, 6.07) is 2.10. The van der Waals surface area contributed by atoms with Gasteiger partial charge in [-0.15, -0.1) is 0 Å². The zero-order valence-corrected chi connectivity index (χ0v) is 15.1. The summed E-state index contributed by atoms with van der Waals surface area (Å²) in [5, 5.41) is 4.89. The fourth-order valence-corrected chi connectivity index (χ4v) is 3.91. The number of likely N-dealkylation sites (tertiary alicyclic amines) is 1. The van der Waals surface area contributed by atoms with E-state index in [1.165, 1.54) is 43.9 Å². The number of anilines is 2. The Morgan fingerprint density at radius 1 is 1.29 bits per heavy atom. The van der Waals surface area contributed by atoms with E-state index in [1.54, 1.807) is 6.20 Å². The van der Waals surface area contributed by atoms with Gasteiger partial charge in [0.25, 0.3) is 0 Å². The highest BCUT2D eigenvalue weighted by Crippen LogP contribution is 2.26. The van der Waals surface area contributed by atoms with Gasteiger partial charge in [-0.1, -0.05) is 18.0 Å². The Hall–Kier alpha value is -1.70. The molecule has 6 nitrogen and oxygen atoms in total. The van der Waals surface area contributed by atoms with E-state index in [2.05, 4.69) is 30.6 Å². The third-order valence-corrected chi connectivity index (χ3v) is 5.22. The van der Waals surface area contributed by atoms with Gasteiger partial charge in [-0.05, 0) is 50.5 Å². The van der Waals surface area contributed by atoms with Crippen molar-refractivity contribution in [1.82, 2.24) is 23.6 Å². The van der Waals surface area contributed by atoms with Crippen LogP contribution >= 0.6 is 23.1 Å². The van der Waals surface area contributed by atoms with Gasteiger partial charge in [-0.3, -0.25) is 9.30 Å². The number of aryl methyl sites for hydroxylation is 1. The molecule has 0 amide bonds. The zero-order chi connectivity index (χ0) is 16.5. The van der Waals surface area contributed by atoms with Gasteiger partial charge in [0.1, 0.15) is 10.2 Å². The fraction of sp³-hybridized carbons (Fsp3) is 0.438. The third-order valence-electron chi connectivity index (χ3n) is 4.20. The predicted molar refractivity (Wildman–Crippen MR) is 97.3 cm³/mol. The Balaban J connectivity index is 1.53. The zero-order valence-electron chi connectivity index (χ0n) is 13.5. The third kappa shape index (κ3) is 3.24. The highest BCUT2D eigenvalue weighted by molar-refractivity contribution is 7.10. The second-order valence-electron chi connectivity index (χ2n) is 6.15. The molecule has 1 aliphatic rings. The number of hydrogen-bond acceptors (Lipinski definition) is 6. The molecule has 1 aliphatic heterocycles. The van der Waals surface area contributed by atoms with Crippen molar-refractivity contribution in [2.75, 3.05) is 18.4 Å². The summed E-state index contributed by atoms with van der Waals surface area (Å²) in [4.78, 5) is 11.4. The second-order valence-corrected chi connectivity index (χ2v) is 7.34. The van der Waals surface area contributed by atoms with E-state index in [0.717, 1.165) is 28.6 Å². The van der Waals surface area contributed by atoms with Crippen molar-refractivity contribution in [3.8, 4) is 0 Å². The van der Waals surface area contributed by atoms with Crippen LogP contribution in [0, 0.1) is 6.92 Å². The molecule has 1 N–H and O–H groups in total. The number of rotatable bonds is 4. The number of piperidine rings is 1. The van der Waals surface area contributed by atoms with Crippen molar-refractivity contribution in [3.63, 3.8) is 0 Å². The van der Waals surface area contributed by atoms with Crippen LogP contribution in [0.15, 0.2) is 18.5 Å². The van der Waals surface area contributed by atoms with Crippen LogP contribution in [0.2, 0.25) is 5.15 Å². The molecule has 0 bridgehead atoms. The summed E-state index contributed by atoms with van der Waals surface area (Å²) in [5.74, 6) is 0.704. The van der Waals surface area contributed by atoms with Gasteiger partial charge in [-0.25, -0.2) is 9.97 Å². The first-order valence-corrected chi connectivity index (χ1v) is 9.29. The Kier molecular flexibility index (Phi) is 4.39. The second kappa shape index (κ2) is 6.66. The average molecular weight is 363 g/mol. The maximum Gasteiger partial charge on any atom is 0.181 e. The highest BCUT2D eigenvalue weighted by atomic mass is 35.5. The molecule has 24 heavy (non-hydrogen) atoms. The minimum atomic E-state index is 0.577. The fourth-order valence-electron chi connectivity index (χ4n) is 3.07. The Labute approximate surface area is 149 Å². The topological polar surface area (TPSA) is 58.4 Å². The predicted octanol–water partition coefficient (Wildman–Crippen LogP) is 3.88. The summed E-state index contributed by atoms with van der Waals surface area (Å²) >= 11 is 7.62. The molecule has 0 radical (unpaired) electrons. The van der Waals surface area contributed by atoms with Crippen LogP contribution in [-0.4, -0.2) is 36.7 Å². The number of nitrogens with one attached hydrogen (secondary N) is 1. The van der Waals surface area contributed by atoms with Gasteiger partial charge in [0, 0.05) is 12.7 Å². The molecule has 0 spiro atoms. The molecule has 3 aromatic heterocycles. The van der Waals surface area contributed by atoms with E-state index in [-0.39, 0.29) is 0 Å². The Morgan fingerprint density at radius 3 is 2.96 bits per heavy atom. The normalized spacial score (nSPS) is 15.9. The van der Waals surface area contributed by atoms with Crippen molar-refractivity contribution in [3.05, 3.63) is 35.0 Å². The quantitative estimate of drug-likeness (QED) is 0.763. The molecule has 3 aromatic rings. The SMILES string of the molecule is Cc1cn2c(Cl)cnc2c(Nc2cc(CN3CCCCC3)ns2)n1. The van der Waals surface area contributed by atoms with Gasteiger partial charge >= 0.3 is 0 Å². The molecule has 4 rings (SSSR count). The highest BCUT2D eigenvalue weighted by Gasteiger charge is 2.14. The smallest absolute Gasteiger partial charge is 0.181 e. The number of imidazole rings is 1. The number of halogens is 1. The lowest BCUT2D eigenvalue weighted by Gasteiger charge is -2.25. The maximum atomic E-state index is 6.16. The molecule has 8 heteroatoms. The first-order chi connectivity index (χ1) is 11.7. The molecule has 1 fully saturated rings. The van der Waals surface area contributed by atoms with E-state index >= 15 is 0 Å². The van der Waals surface area contributed by atoms with Crippen LogP contribution in [-0.2, 0) is 6.54 Å². The van der Waals surface area contributed by atoms with Gasteiger partial charge in [-0.2, -0.15) is 4.37 Å². The van der Waals surface area contributed by atoms with Crippen molar-refractivity contribution < 1.29 is 0 Å². The van der Waals surface area contributed by atoms with Crippen LogP contribution in [0.1, 0.15) is 30.7 Å². The number of hydrogen-bond donors (Lipinski definition) is 1. The summed E-state index contributed by atoms with van der Waals surface area (Å²) in [6.07, 6.45) is 7.45. The molecule has 0 atom stereocenters. The number of nitrogens with zero attached hydrogens (tertiary/aromatic N) is 5. The van der Waals surface area contributed by atoms with Crippen LogP contribution in [0.25, 0.3) is 5.65 Å². The lowest BCUT2D eigenvalue weighted by molar-refractivity contribution is 0.219. The summed E-state index contributed by atoms with van der Waals surface area (Å²) < 4.78 is 6.41. The summed E-state index contributed by atoms with van der Waals surface area (Å²) in [7, 11) is 0. The van der Waals surface area contributed by atoms with E-state index < -0.39 is 0 Å². The summed E-state index contributed by atoms with van der Waals surface area (Å²) in [5.41, 5.74) is 2.70. The summed E-state index contributed by atoms with van der Waals surface area (Å²) in [6.45, 7) is 5.21. The van der Waals surface area contributed by atoms with Crippen LogP contribution in [0.5, 0.6) is 0 Å². The van der Waals surface area contributed by atoms with Crippen molar-refractivity contribution >= 4 is 39.6 Å². The Bertz CT molecular complexity index is 851. The molecular formula is C16H19ClN6S. The molecule has 126 valence electrons. The van der Waals surface area contributed by atoms with Gasteiger partial charge in [0.05, 0.1) is 17.6 Å². The lowest BCUT2D eigenvalue weighted by Crippen LogP contribution is -2.29. The van der Waals surface area contributed by atoms with Crippen LogP contribution < -0.4 is 5.32 Å². The minimum absolute atomic E-state index is 0.577.